The van der Waals surface area contributed by atoms with E-state index >= 15 is 0 Å². The fraction of sp³-hybridized carbons (Fsp3) is 0.200. The molecule has 1 heterocycles. The van der Waals surface area contributed by atoms with Gasteiger partial charge in [0.1, 0.15) is 6.54 Å². The number of nitrogens with zero attached hydrogens (tertiary/aromatic N) is 1. The van der Waals surface area contributed by atoms with Gasteiger partial charge in [-0.15, -0.1) is 0 Å². The summed E-state index contributed by atoms with van der Waals surface area (Å²) in [6.45, 7) is 3.99. The molecule has 0 aromatic heterocycles. The minimum absolute atomic E-state index is 0.103. The third-order valence-electron chi connectivity index (χ3n) is 5.38. The van der Waals surface area contributed by atoms with E-state index in [4.69, 9.17) is 11.6 Å². The number of anilines is 2. The van der Waals surface area contributed by atoms with E-state index in [1.165, 1.54) is 6.07 Å². The number of sulfonamides is 1. The molecule has 7 nitrogen and oxygen atoms in total. The maximum atomic E-state index is 13.4. The van der Waals surface area contributed by atoms with Crippen molar-refractivity contribution < 1.29 is 18.0 Å². The number of para-hydroxylation sites is 1. The van der Waals surface area contributed by atoms with Gasteiger partial charge < -0.3 is 10.6 Å². The third kappa shape index (κ3) is 4.64. The highest BCUT2D eigenvalue weighted by Crippen LogP contribution is 2.43. The second kappa shape index (κ2) is 9.48. The predicted molar refractivity (Wildman–Crippen MR) is 134 cm³/mol. The molecule has 0 fully saturated rings. The Kier molecular flexibility index (Phi) is 6.63. The Morgan fingerprint density at radius 3 is 2.44 bits per heavy atom. The summed E-state index contributed by atoms with van der Waals surface area (Å²) in [5.41, 5.74) is 2.12. The summed E-state index contributed by atoms with van der Waals surface area (Å²) in [5, 5.41) is 5.98. The molecular weight excluding hydrogens is 474 g/mol. The first-order chi connectivity index (χ1) is 16.2. The summed E-state index contributed by atoms with van der Waals surface area (Å²) in [7, 11) is -3.99. The van der Waals surface area contributed by atoms with Gasteiger partial charge in [-0.1, -0.05) is 55.8 Å². The van der Waals surface area contributed by atoms with Crippen LogP contribution in [0, 0.1) is 5.92 Å². The van der Waals surface area contributed by atoms with E-state index in [2.05, 4.69) is 10.6 Å². The van der Waals surface area contributed by atoms with Crippen LogP contribution in [0.15, 0.2) is 71.6 Å². The number of rotatable bonds is 6. The van der Waals surface area contributed by atoms with Crippen molar-refractivity contribution in [1.82, 2.24) is 5.32 Å². The molecule has 2 amide bonds. The second-order valence-electron chi connectivity index (χ2n) is 8.37. The maximum absolute atomic E-state index is 13.4. The number of halogens is 1. The highest BCUT2D eigenvalue weighted by Gasteiger charge is 2.36. The normalized spacial score (nSPS) is 13.7. The Morgan fingerprint density at radius 2 is 1.68 bits per heavy atom. The van der Waals surface area contributed by atoms with Gasteiger partial charge in [0.2, 0.25) is 5.91 Å². The molecule has 1 aliphatic heterocycles. The zero-order valence-electron chi connectivity index (χ0n) is 18.7. The summed E-state index contributed by atoms with van der Waals surface area (Å²) >= 11 is 6.18. The molecule has 176 valence electrons. The first-order valence-electron chi connectivity index (χ1n) is 10.8. The molecule has 0 spiro atoms. The monoisotopic (exact) mass is 497 g/mol. The van der Waals surface area contributed by atoms with E-state index in [1.807, 2.05) is 13.8 Å². The van der Waals surface area contributed by atoms with Crippen LogP contribution in [-0.4, -0.2) is 33.3 Å². The molecule has 4 rings (SSSR count). The number of carbonyl (C=O) groups excluding carboxylic acids is 2. The quantitative estimate of drug-likeness (QED) is 0.522. The number of hydrogen-bond acceptors (Lipinski definition) is 4. The minimum Gasteiger partial charge on any atom is -0.352 e. The highest BCUT2D eigenvalue weighted by molar-refractivity contribution is 7.93. The Balaban J connectivity index is 1.63. The summed E-state index contributed by atoms with van der Waals surface area (Å²) < 4.78 is 27.9. The van der Waals surface area contributed by atoms with Gasteiger partial charge in [-0.2, -0.15) is 0 Å². The van der Waals surface area contributed by atoms with Crippen molar-refractivity contribution in [3.8, 4) is 11.1 Å². The van der Waals surface area contributed by atoms with E-state index in [1.54, 1.807) is 60.7 Å². The van der Waals surface area contributed by atoms with Gasteiger partial charge in [-0.3, -0.25) is 13.9 Å². The molecule has 9 heteroatoms. The van der Waals surface area contributed by atoms with Crippen LogP contribution in [0.25, 0.3) is 11.1 Å². The van der Waals surface area contributed by atoms with E-state index in [0.29, 0.717) is 39.6 Å². The molecule has 3 aromatic carbocycles. The predicted octanol–water partition coefficient (Wildman–Crippen LogP) is 4.54. The molecule has 0 saturated carbocycles. The lowest BCUT2D eigenvalue weighted by atomic mass is 10.0. The minimum atomic E-state index is -3.99. The lowest BCUT2D eigenvalue weighted by Crippen LogP contribution is -2.40. The molecule has 0 radical (unpaired) electrons. The van der Waals surface area contributed by atoms with Gasteiger partial charge in [0.25, 0.3) is 15.9 Å². The zero-order chi connectivity index (χ0) is 24.5. The molecule has 0 aliphatic carbocycles. The van der Waals surface area contributed by atoms with Crippen LogP contribution in [0.5, 0.6) is 0 Å². The van der Waals surface area contributed by atoms with E-state index in [-0.39, 0.29) is 16.7 Å². The van der Waals surface area contributed by atoms with Crippen molar-refractivity contribution in [1.29, 1.82) is 0 Å². The van der Waals surface area contributed by atoms with Crippen LogP contribution >= 0.6 is 11.6 Å². The SMILES string of the molecule is CC(C)CNC(=O)c1ccccc1NC(=O)CN1c2ccc(Cl)cc2-c2ccccc2S1(=O)=O. The summed E-state index contributed by atoms with van der Waals surface area (Å²) in [5.74, 6) is -0.622. The average molecular weight is 498 g/mol. The largest absolute Gasteiger partial charge is 0.352 e. The van der Waals surface area contributed by atoms with Gasteiger partial charge in [0.15, 0.2) is 0 Å². The summed E-state index contributed by atoms with van der Waals surface area (Å²) in [4.78, 5) is 25.7. The number of nitrogens with one attached hydrogen (secondary N) is 2. The van der Waals surface area contributed by atoms with Crippen LogP contribution in [0.4, 0.5) is 11.4 Å². The standard InChI is InChI=1S/C25H24ClN3O4S/c1-16(2)14-27-25(31)19-8-3-5-9-21(19)28-24(30)15-29-22-12-11-17(26)13-20(22)18-7-4-6-10-23(18)34(29,32)33/h3-13,16H,14-15H2,1-2H3,(H,27,31)(H,28,30). The average Bonchev–Trinajstić information content (AvgIpc) is 2.81. The van der Waals surface area contributed by atoms with Gasteiger partial charge in [-0.05, 0) is 42.3 Å². The molecule has 3 aromatic rings. The Morgan fingerprint density at radius 1 is 0.971 bits per heavy atom. The van der Waals surface area contributed by atoms with Crippen molar-refractivity contribution in [2.24, 2.45) is 5.92 Å². The van der Waals surface area contributed by atoms with Crippen LogP contribution in [0.3, 0.4) is 0 Å². The molecule has 1 aliphatic rings. The molecule has 34 heavy (non-hydrogen) atoms. The van der Waals surface area contributed by atoms with E-state index in [9.17, 15) is 18.0 Å². The fourth-order valence-electron chi connectivity index (χ4n) is 3.78. The molecule has 2 N–H and O–H groups in total. The first kappa shape index (κ1) is 23.8. The smallest absolute Gasteiger partial charge is 0.265 e. The Bertz CT molecular complexity index is 1370. The van der Waals surface area contributed by atoms with Crippen LogP contribution in [0.1, 0.15) is 24.2 Å². The Labute approximate surface area is 203 Å². The number of hydrogen-bond donors (Lipinski definition) is 2. The topological polar surface area (TPSA) is 95.6 Å². The van der Waals surface area contributed by atoms with Gasteiger partial charge in [0.05, 0.1) is 21.8 Å². The molecule has 0 atom stereocenters. The van der Waals surface area contributed by atoms with E-state index in [0.717, 1.165) is 4.31 Å². The molecular formula is C25H24ClN3O4S. The molecule has 0 bridgehead atoms. The number of benzene rings is 3. The second-order valence-corrected chi connectivity index (χ2v) is 10.6. The summed E-state index contributed by atoms with van der Waals surface area (Å²) in [6, 6.07) is 18.1. The molecule has 0 unspecified atom stereocenters. The van der Waals surface area contributed by atoms with Crippen molar-refractivity contribution >= 4 is 44.8 Å². The molecule has 0 saturated heterocycles. The van der Waals surface area contributed by atoms with Crippen molar-refractivity contribution in [2.45, 2.75) is 18.7 Å². The van der Waals surface area contributed by atoms with Gasteiger partial charge in [0, 0.05) is 22.7 Å². The maximum Gasteiger partial charge on any atom is 0.265 e. The summed E-state index contributed by atoms with van der Waals surface area (Å²) in [6.07, 6.45) is 0. The van der Waals surface area contributed by atoms with Crippen LogP contribution < -0.4 is 14.9 Å². The van der Waals surface area contributed by atoms with Gasteiger partial charge in [-0.25, -0.2) is 8.42 Å². The lowest BCUT2D eigenvalue weighted by molar-refractivity contribution is -0.114. The van der Waals surface area contributed by atoms with Crippen molar-refractivity contribution in [3.05, 3.63) is 77.3 Å². The number of amides is 2. The number of fused-ring (bicyclic) bond motifs is 3. The zero-order valence-corrected chi connectivity index (χ0v) is 20.3. The third-order valence-corrected chi connectivity index (χ3v) is 7.43. The van der Waals surface area contributed by atoms with E-state index < -0.39 is 22.5 Å². The number of carbonyl (C=O) groups is 2. The first-order valence-corrected chi connectivity index (χ1v) is 12.6. The van der Waals surface area contributed by atoms with Crippen LogP contribution in [0.2, 0.25) is 5.02 Å². The Hall–Kier alpha value is -3.36. The van der Waals surface area contributed by atoms with Crippen molar-refractivity contribution in [3.63, 3.8) is 0 Å². The van der Waals surface area contributed by atoms with Crippen molar-refractivity contribution in [2.75, 3.05) is 22.7 Å². The lowest BCUT2D eigenvalue weighted by Gasteiger charge is -2.31. The van der Waals surface area contributed by atoms with Crippen LogP contribution in [-0.2, 0) is 14.8 Å². The highest BCUT2D eigenvalue weighted by atomic mass is 35.5. The van der Waals surface area contributed by atoms with Gasteiger partial charge >= 0.3 is 0 Å². The fourth-order valence-corrected chi connectivity index (χ4v) is 5.60.